The molecule has 1 aliphatic rings. The Balaban J connectivity index is 1.83. The Bertz CT molecular complexity index is 1320. The van der Waals surface area contributed by atoms with E-state index in [-0.39, 0.29) is 11.9 Å². The molecule has 7 atom stereocenters. The monoisotopic (exact) mass is 551 g/mol. The Labute approximate surface area is 218 Å². The van der Waals surface area contributed by atoms with E-state index in [2.05, 4.69) is 5.09 Å². The number of aliphatic hydroxyl groups is 2. The number of ether oxygens (including phenoxy) is 2. The van der Waals surface area contributed by atoms with Gasteiger partial charge in [-0.05, 0) is 32.4 Å². The average Bonchev–Trinajstić information content (AvgIpc) is 3.13. The summed E-state index contributed by atoms with van der Waals surface area (Å²) in [5.41, 5.74) is -4.06. The maximum atomic E-state index is 13.7. The number of carbonyl (C=O) groups is 1. The van der Waals surface area contributed by atoms with E-state index in [1.807, 2.05) is 17.8 Å². The molecule has 1 saturated heterocycles. The third-order valence-electron chi connectivity index (χ3n) is 5.79. The number of aromatic amines is 1. The largest absolute Gasteiger partial charge is 0.462 e. The van der Waals surface area contributed by atoms with Crippen molar-refractivity contribution in [3.05, 3.63) is 63.4 Å². The Kier molecular flexibility index (Phi) is 9.32. The first-order valence-corrected chi connectivity index (χ1v) is 13.3. The van der Waals surface area contributed by atoms with E-state index in [1.165, 1.54) is 19.1 Å². The summed E-state index contributed by atoms with van der Waals surface area (Å²) in [6.45, 7) is 4.30. The van der Waals surface area contributed by atoms with Gasteiger partial charge < -0.3 is 24.2 Å². The molecular weight excluding hydrogens is 521 g/mol. The summed E-state index contributed by atoms with van der Waals surface area (Å²) < 4.78 is 36.5. The van der Waals surface area contributed by atoms with Gasteiger partial charge in [-0.3, -0.25) is 23.7 Å². The molecule has 0 saturated carbocycles. The third kappa shape index (κ3) is 6.60. The first-order chi connectivity index (χ1) is 17.9. The Morgan fingerprint density at radius 2 is 2.00 bits per heavy atom. The average molecular weight is 551 g/mol. The minimum Gasteiger partial charge on any atom is -0.462 e. The molecule has 2 heterocycles. The summed E-state index contributed by atoms with van der Waals surface area (Å²) in [5, 5.41) is 24.2. The second kappa shape index (κ2) is 12.1. The van der Waals surface area contributed by atoms with Gasteiger partial charge in [0.2, 0.25) is 0 Å². The van der Waals surface area contributed by atoms with Crippen molar-refractivity contribution in [1.29, 1.82) is 0 Å². The number of rotatable bonds is 11. The van der Waals surface area contributed by atoms with Crippen molar-refractivity contribution in [2.24, 2.45) is 0 Å². The van der Waals surface area contributed by atoms with Gasteiger partial charge in [0.1, 0.15) is 24.0 Å². The van der Waals surface area contributed by atoms with Gasteiger partial charge in [0, 0.05) is 12.3 Å². The van der Waals surface area contributed by atoms with Crippen molar-refractivity contribution in [3.63, 3.8) is 0 Å². The van der Waals surface area contributed by atoms with Crippen LogP contribution in [0.1, 0.15) is 33.4 Å². The standard InChI is InChI=1S/C24H30N3O10P/c1-5-15(3)35-21(30)16(4)26-38(33,37-17-10-8-7-9-11-17)34-14-18-20(29)24(32,6-2)22(36-18)27-13-12-19(28)25-23(27)31/h2,7-13,15-16,18,20,22,29,32H,5,14H2,1,3-4H3,(H,26,33)(H,25,28,31)/t15?,16-,18+,20+,22+,24+,38?/m0/s1. The van der Waals surface area contributed by atoms with Gasteiger partial charge in [0.15, 0.2) is 11.8 Å². The molecule has 0 bridgehead atoms. The van der Waals surface area contributed by atoms with Crippen molar-refractivity contribution in [3.8, 4) is 18.1 Å². The first-order valence-electron chi connectivity index (χ1n) is 11.7. The lowest BCUT2D eigenvalue weighted by molar-refractivity contribution is -0.150. The van der Waals surface area contributed by atoms with E-state index >= 15 is 0 Å². The zero-order valence-electron chi connectivity index (χ0n) is 21.0. The fourth-order valence-electron chi connectivity index (χ4n) is 3.51. The van der Waals surface area contributed by atoms with Crippen LogP contribution in [0.25, 0.3) is 0 Å². The number of benzene rings is 1. The number of aliphatic hydroxyl groups excluding tert-OH is 1. The fourth-order valence-corrected chi connectivity index (χ4v) is 5.01. The molecule has 0 amide bonds. The van der Waals surface area contributed by atoms with Crippen LogP contribution in [0, 0.1) is 12.3 Å². The lowest BCUT2D eigenvalue weighted by Gasteiger charge is -2.26. The number of carbonyl (C=O) groups excluding carboxylic acids is 1. The van der Waals surface area contributed by atoms with Crippen LogP contribution in [-0.2, 0) is 23.4 Å². The highest BCUT2D eigenvalue weighted by Gasteiger charge is 2.56. The third-order valence-corrected chi connectivity index (χ3v) is 7.44. The van der Waals surface area contributed by atoms with Gasteiger partial charge in [-0.2, -0.15) is 5.09 Å². The van der Waals surface area contributed by atoms with E-state index in [9.17, 15) is 29.2 Å². The Morgan fingerprint density at radius 1 is 1.32 bits per heavy atom. The highest BCUT2D eigenvalue weighted by molar-refractivity contribution is 7.52. The van der Waals surface area contributed by atoms with Gasteiger partial charge >= 0.3 is 19.4 Å². The van der Waals surface area contributed by atoms with Crippen LogP contribution in [0.2, 0.25) is 0 Å². The van der Waals surface area contributed by atoms with Crippen molar-refractivity contribution >= 4 is 13.7 Å². The molecule has 1 aromatic carbocycles. The summed E-state index contributed by atoms with van der Waals surface area (Å²) >= 11 is 0. The summed E-state index contributed by atoms with van der Waals surface area (Å²) in [6, 6.07) is 7.87. The van der Waals surface area contributed by atoms with E-state index < -0.39 is 61.7 Å². The van der Waals surface area contributed by atoms with Crippen LogP contribution in [0.5, 0.6) is 5.75 Å². The van der Waals surface area contributed by atoms with Crippen LogP contribution in [0.4, 0.5) is 0 Å². The van der Waals surface area contributed by atoms with Gasteiger partial charge in [0.05, 0.1) is 12.7 Å². The summed E-state index contributed by atoms with van der Waals surface area (Å²) in [5.74, 6) is 1.47. The van der Waals surface area contributed by atoms with Gasteiger partial charge in [-0.15, -0.1) is 6.42 Å². The molecule has 2 aromatic rings. The smallest absolute Gasteiger partial charge is 0.459 e. The van der Waals surface area contributed by atoms with Crippen LogP contribution in [-0.4, -0.2) is 62.3 Å². The summed E-state index contributed by atoms with van der Waals surface area (Å²) in [6.07, 6.45) is 1.85. The number of terminal acetylenes is 1. The number of hydrogen-bond donors (Lipinski definition) is 4. The number of nitrogens with zero attached hydrogens (tertiary/aromatic N) is 1. The zero-order chi connectivity index (χ0) is 28.1. The molecule has 1 fully saturated rings. The lowest BCUT2D eigenvalue weighted by atomic mass is 9.95. The van der Waals surface area contributed by atoms with Crippen molar-refractivity contribution in [2.45, 2.75) is 63.4 Å². The highest BCUT2D eigenvalue weighted by Crippen LogP contribution is 2.46. The second-order valence-corrected chi connectivity index (χ2v) is 10.4. The number of H-pyrrole nitrogens is 1. The summed E-state index contributed by atoms with van der Waals surface area (Å²) in [4.78, 5) is 38.1. The van der Waals surface area contributed by atoms with Gasteiger partial charge in [0.25, 0.3) is 5.56 Å². The minimum absolute atomic E-state index is 0.150. The molecule has 14 heteroatoms. The Hall–Kier alpha value is -3.24. The van der Waals surface area contributed by atoms with Crippen molar-refractivity contribution in [2.75, 3.05) is 6.61 Å². The van der Waals surface area contributed by atoms with E-state index in [4.69, 9.17) is 24.9 Å². The second-order valence-electron chi connectivity index (χ2n) is 8.66. The molecule has 38 heavy (non-hydrogen) atoms. The quantitative estimate of drug-likeness (QED) is 0.175. The first kappa shape index (κ1) is 29.3. The molecule has 0 radical (unpaired) electrons. The SMILES string of the molecule is C#C[C@@]1(O)[C@H](O)[C@@H](COP(=O)(N[C@@H](C)C(=O)OC(C)CC)Oc2ccccc2)O[C@H]1n1ccc(=O)[nH]c1=O. The highest BCUT2D eigenvalue weighted by atomic mass is 31.2. The van der Waals surface area contributed by atoms with Crippen molar-refractivity contribution < 1.29 is 38.1 Å². The van der Waals surface area contributed by atoms with E-state index in [0.717, 1.165) is 16.8 Å². The molecule has 206 valence electrons. The predicted molar refractivity (Wildman–Crippen MR) is 134 cm³/mol. The number of aromatic nitrogens is 2. The molecular formula is C24H30N3O10P. The number of esters is 1. The minimum atomic E-state index is -4.33. The van der Waals surface area contributed by atoms with Gasteiger partial charge in [-0.25, -0.2) is 9.36 Å². The molecule has 1 aliphatic heterocycles. The van der Waals surface area contributed by atoms with Crippen LogP contribution in [0.15, 0.2) is 52.2 Å². The van der Waals surface area contributed by atoms with Crippen LogP contribution < -0.4 is 20.9 Å². The predicted octanol–water partition coefficient (Wildman–Crippen LogP) is 0.683. The normalized spacial score (nSPS) is 26.1. The Morgan fingerprint density at radius 3 is 2.61 bits per heavy atom. The van der Waals surface area contributed by atoms with Crippen LogP contribution in [0.3, 0.4) is 0 Å². The summed E-state index contributed by atoms with van der Waals surface area (Å²) in [7, 11) is -4.33. The maximum Gasteiger partial charge on any atom is 0.459 e. The van der Waals surface area contributed by atoms with Crippen molar-refractivity contribution in [1.82, 2.24) is 14.6 Å². The number of para-hydroxylation sites is 1. The van der Waals surface area contributed by atoms with E-state index in [0.29, 0.717) is 6.42 Å². The number of nitrogens with one attached hydrogen (secondary N) is 2. The molecule has 0 aliphatic carbocycles. The van der Waals surface area contributed by atoms with E-state index in [1.54, 1.807) is 25.1 Å². The molecule has 13 nitrogen and oxygen atoms in total. The molecule has 3 rings (SSSR count). The molecule has 1 aromatic heterocycles. The maximum absolute atomic E-state index is 13.7. The topological polar surface area (TPSA) is 178 Å². The zero-order valence-corrected chi connectivity index (χ0v) is 21.9. The van der Waals surface area contributed by atoms with Crippen LogP contribution >= 0.6 is 7.75 Å². The number of hydrogen-bond acceptors (Lipinski definition) is 10. The molecule has 4 N–H and O–H groups in total. The lowest BCUT2D eigenvalue weighted by Crippen LogP contribution is -2.48. The molecule has 0 spiro atoms. The van der Waals surface area contributed by atoms with Gasteiger partial charge in [-0.1, -0.05) is 31.0 Å². The fraction of sp³-hybridized carbons (Fsp3) is 0.458. The molecule has 2 unspecified atom stereocenters.